The van der Waals surface area contributed by atoms with E-state index in [9.17, 15) is 13.0 Å². The fraction of sp³-hybridized carbons (Fsp3) is 0.400. The van der Waals surface area contributed by atoms with Crippen LogP contribution in [0.25, 0.3) is 0 Å². The van der Waals surface area contributed by atoms with Gasteiger partial charge in [0.15, 0.2) is 0 Å². The largest absolute Gasteiger partial charge is 0.748 e. The first-order valence-electron chi connectivity index (χ1n) is 4.78. The van der Waals surface area contributed by atoms with Crippen LogP contribution in [0.3, 0.4) is 0 Å². The molecule has 0 aliphatic carbocycles. The molecule has 0 fully saturated rings. The maximum absolute atomic E-state index is 10.5. The van der Waals surface area contributed by atoms with Crippen molar-refractivity contribution in [2.75, 3.05) is 6.61 Å². The predicted molar refractivity (Wildman–Crippen MR) is 58.6 cm³/mol. The van der Waals surface area contributed by atoms with Crippen molar-refractivity contribution in [3.05, 3.63) is 35.4 Å². The Morgan fingerprint density at radius 2 is 1.75 bits per heavy atom. The third-order valence-corrected chi connectivity index (χ3v) is 2.79. The van der Waals surface area contributed by atoms with Gasteiger partial charge in [0.25, 0.3) is 0 Å². The molecule has 0 saturated carbocycles. The average molecular weight is 244 g/mol. The third kappa shape index (κ3) is 4.71. The molecule has 5 nitrogen and oxygen atoms in total. The van der Waals surface area contributed by atoms with E-state index in [2.05, 4.69) is 0 Å². The van der Waals surface area contributed by atoms with E-state index in [0.717, 1.165) is 5.56 Å². The molecule has 0 bridgehead atoms. The lowest BCUT2D eigenvalue weighted by molar-refractivity contribution is 0.265. The number of hydrogen-bond donors (Lipinski definition) is 2. The Hall–Kier alpha value is -0.950. The van der Waals surface area contributed by atoms with Gasteiger partial charge in [-0.25, -0.2) is 8.42 Å². The first-order chi connectivity index (χ1) is 7.40. The van der Waals surface area contributed by atoms with Crippen LogP contribution in [0.2, 0.25) is 0 Å². The summed E-state index contributed by atoms with van der Waals surface area (Å²) < 4.78 is 31.5. The Kier molecular flexibility index (Phi) is 4.43. The molecule has 0 heterocycles. The zero-order chi connectivity index (χ0) is 12.2. The number of hydrogen-bond acceptors (Lipinski definition) is 5. The van der Waals surface area contributed by atoms with Gasteiger partial charge in [0.2, 0.25) is 0 Å². The summed E-state index contributed by atoms with van der Waals surface area (Å²) >= 11 is 0. The summed E-state index contributed by atoms with van der Waals surface area (Å²) in [4.78, 5) is 0. The molecule has 0 aromatic heterocycles. The van der Waals surface area contributed by atoms with E-state index in [1.165, 1.54) is 0 Å². The number of aliphatic hydroxyl groups is 1. The van der Waals surface area contributed by atoms with E-state index in [-0.39, 0.29) is 12.6 Å². The van der Waals surface area contributed by atoms with Gasteiger partial charge in [0.1, 0.15) is 0 Å². The van der Waals surface area contributed by atoms with Gasteiger partial charge in [-0.05, 0) is 17.5 Å². The van der Waals surface area contributed by atoms with Gasteiger partial charge in [0, 0.05) is 6.04 Å². The van der Waals surface area contributed by atoms with Crippen LogP contribution in [0.5, 0.6) is 0 Å². The quantitative estimate of drug-likeness (QED) is 0.685. The van der Waals surface area contributed by atoms with Crippen molar-refractivity contribution < 1.29 is 18.1 Å². The van der Waals surface area contributed by atoms with E-state index < -0.39 is 15.9 Å². The predicted octanol–water partition coefficient (Wildman–Crippen LogP) is -0.406. The topological polar surface area (TPSA) is 103 Å². The maximum Gasteiger partial charge on any atom is 0.0988 e. The fourth-order valence-corrected chi connectivity index (χ4v) is 1.94. The van der Waals surface area contributed by atoms with E-state index in [4.69, 9.17) is 10.8 Å². The van der Waals surface area contributed by atoms with Crippen molar-refractivity contribution in [1.29, 1.82) is 0 Å². The molecule has 1 aromatic carbocycles. The molecule has 0 saturated heterocycles. The van der Waals surface area contributed by atoms with Gasteiger partial charge in [-0.2, -0.15) is 0 Å². The van der Waals surface area contributed by atoms with Crippen molar-refractivity contribution >= 4 is 10.1 Å². The minimum atomic E-state index is -4.23. The fourth-order valence-electron chi connectivity index (χ4n) is 1.34. The standard InChI is InChI=1S/C10H15NO4S/c11-10(6-12)5-8-1-3-9(4-2-8)7-16(13,14)15/h1-4,10,12H,5-7,11H2,(H,13,14,15)/p-1. The Labute approximate surface area is 94.7 Å². The number of nitrogens with two attached hydrogens (primary N) is 1. The van der Waals surface area contributed by atoms with Gasteiger partial charge >= 0.3 is 0 Å². The SMILES string of the molecule is NC(CO)Cc1ccc(CS(=O)(=O)[O-])cc1. The molecule has 1 atom stereocenters. The van der Waals surface area contributed by atoms with Crippen LogP contribution < -0.4 is 5.73 Å². The monoisotopic (exact) mass is 244 g/mol. The summed E-state index contributed by atoms with van der Waals surface area (Å²) in [6, 6.07) is 6.24. The lowest BCUT2D eigenvalue weighted by Gasteiger charge is -2.10. The molecular weight excluding hydrogens is 230 g/mol. The van der Waals surface area contributed by atoms with Gasteiger partial charge in [-0.15, -0.1) is 0 Å². The van der Waals surface area contributed by atoms with Gasteiger partial charge in [0.05, 0.1) is 22.5 Å². The second-order valence-corrected chi connectivity index (χ2v) is 5.07. The van der Waals surface area contributed by atoms with Crippen LogP contribution in [0, 0.1) is 0 Å². The Morgan fingerprint density at radius 3 is 2.19 bits per heavy atom. The van der Waals surface area contributed by atoms with Crippen LogP contribution >= 0.6 is 0 Å². The lowest BCUT2D eigenvalue weighted by atomic mass is 10.1. The Morgan fingerprint density at radius 1 is 1.25 bits per heavy atom. The summed E-state index contributed by atoms with van der Waals surface area (Å²) in [5.74, 6) is -0.501. The van der Waals surface area contributed by atoms with Crippen LogP contribution in [-0.2, 0) is 22.3 Å². The second-order valence-electron chi connectivity index (χ2n) is 3.67. The van der Waals surface area contributed by atoms with Gasteiger partial charge < -0.3 is 15.4 Å². The van der Waals surface area contributed by atoms with Crippen LogP contribution in [0.4, 0.5) is 0 Å². The molecule has 0 aliphatic heterocycles. The Balaban J connectivity index is 2.68. The Bertz CT molecular complexity index is 427. The van der Waals surface area contributed by atoms with Gasteiger partial charge in [-0.3, -0.25) is 0 Å². The number of aliphatic hydroxyl groups excluding tert-OH is 1. The van der Waals surface area contributed by atoms with Crippen molar-refractivity contribution in [3.8, 4) is 0 Å². The smallest absolute Gasteiger partial charge is 0.0988 e. The molecule has 0 aliphatic rings. The molecule has 3 N–H and O–H groups in total. The molecule has 1 rings (SSSR count). The highest BCUT2D eigenvalue weighted by atomic mass is 32.2. The van der Waals surface area contributed by atoms with Crippen molar-refractivity contribution in [1.82, 2.24) is 0 Å². The van der Waals surface area contributed by atoms with E-state index in [1.54, 1.807) is 24.3 Å². The average Bonchev–Trinajstić information content (AvgIpc) is 2.18. The summed E-state index contributed by atoms with van der Waals surface area (Å²) in [6.07, 6.45) is 0.515. The number of benzene rings is 1. The highest BCUT2D eigenvalue weighted by molar-refractivity contribution is 7.84. The second kappa shape index (κ2) is 5.40. The molecule has 0 radical (unpaired) electrons. The van der Waals surface area contributed by atoms with Crippen LogP contribution in [0.1, 0.15) is 11.1 Å². The van der Waals surface area contributed by atoms with Crippen LogP contribution in [-0.4, -0.2) is 30.7 Å². The van der Waals surface area contributed by atoms with E-state index in [0.29, 0.717) is 12.0 Å². The van der Waals surface area contributed by atoms with Crippen LogP contribution in [0.15, 0.2) is 24.3 Å². The molecule has 90 valence electrons. The van der Waals surface area contributed by atoms with Crippen molar-refractivity contribution in [3.63, 3.8) is 0 Å². The minimum Gasteiger partial charge on any atom is -0.748 e. The molecule has 0 amide bonds. The molecular formula is C10H14NO4S-. The third-order valence-electron chi connectivity index (χ3n) is 2.10. The first-order valence-corrected chi connectivity index (χ1v) is 6.36. The zero-order valence-corrected chi connectivity index (χ0v) is 9.48. The maximum atomic E-state index is 10.5. The molecule has 1 aromatic rings. The molecule has 1 unspecified atom stereocenters. The molecule has 16 heavy (non-hydrogen) atoms. The van der Waals surface area contributed by atoms with Gasteiger partial charge in [-0.1, -0.05) is 24.3 Å². The summed E-state index contributed by atoms with van der Waals surface area (Å²) in [5.41, 5.74) is 6.90. The highest BCUT2D eigenvalue weighted by Crippen LogP contribution is 2.08. The van der Waals surface area contributed by atoms with E-state index in [1.807, 2.05) is 0 Å². The first kappa shape index (κ1) is 13.1. The molecule has 6 heteroatoms. The molecule has 0 spiro atoms. The normalized spacial score (nSPS) is 13.7. The minimum absolute atomic E-state index is 0.101. The summed E-state index contributed by atoms with van der Waals surface area (Å²) in [5, 5.41) is 8.76. The van der Waals surface area contributed by atoms with Crippen molar-refractivity contribution in [2.45, 2.75) is 18.2 Å². The number of rotatable bonds is 5. The van der Waals surface area contributed by atoms with E-state index >= 15 is 0 Å². The highest BCUT2D eigenvalue weighted by Gasteiger charge is 2.03. The zero-order valence-electron chi connectivity index (χ0n) is 8.67. The lowest BCUT2D eigenvalue weighted by Crippen LogP contribution is -2.26. The summed E-state index contributed by atoms with van der Waals surface area (Å²) in [7, 11) is -4.23. The van der Waals surface area contributed by atoms with Crippen molar-refractivity contribution in [2.24, 2.45) is 5.73 Å². The summed E-state index contributed by atoms with van der Waals surface area (Å²) in [6.45, 7) is -0.101.